The van der Waals surface area contributed by atoms with Crippen molar-refractivity contribution < 1.29 is 0 Å². The number of nitrogens with one attached hydrogen (secondary N) is 1. The number of rotatable bonds is 6. The average Bonchev–Trinajstić information content (AvgIpc) is 2.35. The third-order valence-corrected chi connectivity index (χ3v) is 3.20. The highest BCUT2D eigenvalue weighted by molar-refractivity contribution is 5.36. The summed E-state index contributed by atoms with van der Waals surface area (Å²) >= 11 is 0. The lowest BCUT2D eigenvalue weighted by atomic mass is 10.1. The third-order valence-electron chi connectivity index (χ3n) is 3.20. The van der Waals surface area contributed by atoms with Crippen LogP contribution in [0.3, 0.4) is 0 Å². The molecule has 4 heteroatoms. The van der Waals surface area contributed by atoms with Crippen molar-refractivity contribution in [2.75, 3.05) is 11.9 Å². The van der Waals surface area contributed by atoms with Crippen molar-refractivity contribution in [2.45, 2.75) is 65.6 Å². The Morgan fingerprint density at radius 1 is 1.32 bits per heavy atom. The van der Waals surface area contributed by atoms with Crippen LogP contribution in [0, 0.1) is 0 Å². The van der Waals surface area contributed by atoms with Crippen molar-refractivity contribution in [3.63, 3.8) is 0 Å². The van der Waals surface area contributed by atoms with Gasteiger partial charge in [-0.3, -0.25) is 4.98 Å². The molecule has 1 aromatic rings. The molecule has 1 aromatic heterocycles. The maximum Gasteiger partial charge on any atom is 0.147 e. The second-order valence-corrected chi connectivity index (χ2v) is 6.22. The summed E-state index contributed by atoms with van der Waals surface area (Å²) in [5, 5.41) is 3.44. The van der Waals surface area contributed by atoms with Gasteiger partial charge in [-0.2, -0.15) is 0 Å². The predicted octanol–water partition coefficient (Wildman–Crippen LogP) is 2.99. The van der Waals surface area contributed by atoms with Crippen molar-refractivity contribution in [3.8, 4) is 0 Å². The van der Waals surface area contributed by atoms with Crippen LogP contribution in [0.5, 0.6) is 0 Å². The van der Waals surface area contributed by atoms with E-state index in [1.807, 2.05) is 12.4 Å². The lowest BCUT2D eigenvalue weighted by molar-refractivity contribution is 0.421. The van der Waals surface area contributed by atoms with Crippen molar-refractivity contribution in [1.82, 2.24) is 15.3 Å². The van der Waals surface area contributed by atoms with Crippen LogP contribution in [-0.4, -0.2) is 28.6 Å². The molecule has 1 unspecified atom stereocenters. The molecule has 0 bridgehead atoms. The van der Waals surface area contributed by atoms with Gasteiger partial charge >= 0.3 is 0 Å². The van der Waals surface area contributed by atoms with Gasteiger partial charge in [0, 0.05) is 31.4 Å². The molecule has 0 aromatic carbocycles. The molecular formula is C15H28N4. The van der Waals surface area contributed by atoms with E-state index >= 15 is 0 Å². The van der Waals surface area contributed by atoms with E-state index in [0.717, 1.165) is 18.1 Å². The fourth-order valence-electron chi connectivity index (χ4n) is 1.84. The lowest BCUT2D eigenvalue weighted by Crippen LogP contribution is -2.35. The Balaban J connectivity index is 2.71. The summed E-state index contributed by atoms with van der Waals surface area (Å²) in [5.74, 6) is 0.953. The Hall–Kier alpha value is -1.16. The van der Waals surface area contributed by atoms with Gasteiger partial charge in [0.2, 0.25) is 0 Å². The number of anilines is 1. The number of hydrogen-bond acceptors (Lipinski definition) is 4. The molecule has 0 aliphatic carbocycles. The molecule has 0 aliphatic heterocycles. The van der Waals surface area contributed by atoms with Crippen LogP contribution in [-0.2, 0) is 6.54 Å². The summed E-state index contributed by atoms with van der Waals surface area (Å²) in [5.41, 5.74) is 1.09. The van der Waals surface area contributed by atoms with Gasteiger partial charge in [0.05, 0.1) is 11.9 Å². The van der Waals surface area contributed by atoms with Gasteiger partial charge in [-0.25, -0.2) is 4.98 Å². The van der Waals surface area contributed by atoms with E-state index in [1.54, 1.807) is 0 Å². The Labute approximate surface area is 117 Å². The molecule has 0 amide bonds. The van der Waals surface area contributed by atoms with Crippen molar-refractivity contribution >= 4 is 5.82 Å². The maximum atomic E-state index is 4.68. The van der Waals surface area contributed by atoms with E-state index in [4.69, 9.17) is 0 Å². The first kappa shape index (κ1) is 15.9. The first-order valence-electron chi connectivity index (χ1n) is 7.12. The molecule has 19 heavy (non-hydrogen) atoms. The molecule has 0 spiro atoms. The highest BCUT2D eigenvalue weighted by Crippen LogP contribution is 2.14. The second-order valence-electron chi connectivity index (χ2n) is 6.22. The Bertz CT molecular complexity index is 384. The number of aromatic nitrogens is 2. The zero-order valence-corrected chi connectivity index (χ0v) is 13.2. The Morgan fingerprint density at radius 3 is 2.58 bits per heavy atom. The Kier molecular flexibility index (Phi) is 5.73. The van der Waals surface area contributed by atoms with Gasteiger partial charge in [0.25, 0.3) is 0 Å². The largest absolute Gasteiger partial charge is 0.356 e. The summed E-state index contributed by atoms with van der Waals surface area (Å²) in [6.07, 6.45) is 6.03. The summed E-state index contributed by atoms with van der Waals surface area (Å²) in [6, 6.07) is 0.491. The molecule has 1 heterocycles. The van der Waals surface area contributed by atoms with Gasteiger partial charge in [0.1, 0.15) is 5.82 Å². The normalized spacial score (nSPS) is 13.4. The molecule has 1 N–H and O–H groups in total. The zero-order valence-electron chi connectivity index (χ0n) is 13.2. The first-order chi connectivity index (χ1) is 8.83. The monoisotopic (exact) mass is 264 g/mol. The van der Waals surface area contributed by atoms with Crippen LogP contribution in [0.25, 0.3) is 0 Å². The fraction of sp³-hybridized carbons (Fsp3) is 0.733. The molecule has 1 rings (SSSR count). The minimum absolute atomic E-state index is 0.0963. The summed E-state index contributed by atoms with van der Waals surface area (Å²) in [4.78, 5) is 11.2. The van der Waals surface area contributed by atoms with E-state index < -0.39 is 0 Å². The molecule has 0 saturated carbocycles. The maximum absolute atomic E-state index is 4.68. The fourth-order valence-corrected chi connectivity index (χ4v) is 1.84. The molecule has 108 valence electrons. The lowest BCUT2D eigenvalue weighted by Gasteiger charge is -2.26. The zero-order chi connectivity index (χ0) is 14.5. The third kappa shape index (κ3) is 5.55. The van der Waals surface area contributed by atoms with Crippen molar-refractivity contribution in [1.29, 1.82) is 0 Å². The quantitative estimate of drug-likeness (QED) is 0.857. The summed E-state index contributed by atoms with van der Waals surface area (Å²) < 4.78 is 0. The van der Waals surface area contributed by atoms with E-state index in [9.17, 15) is 0 Å². The van der Waals surface area contributed by atoms with Crippen LogP contribution in [0.4, 0.5) is 5.82 Å². The first-order valence-corrected chi connectivity index (χ1v) is 7.12. The van der Waals surface area contributed by atoms with Crippen LogP contribution in [0.1, 0.15) is 53.2 Å². The summed E-state index contributed by atoms with van der Waals surface area (Å²) in [6.45, 7) is 11.6. The average molecular weight is 264 g/mol. The predicted molar refractivity (Wildman–Crippen MR) is 81.4 cm³/mol. The van der Waals surface area contributed by atoms with E-state index in [1.165, 1.54) is 12.8 Å². The summed E-state index contributed by atoms with van der Waals surface area (Å²) in [7, 11) is 2.09. The SMILES string of the molecule is CCCC(C)N(C)c1cncc(CNC(C)(C)C)n1. The standard InChI is InChI=1S/C15H28N4/c1-7-8-12(2)19(6)14-11-16-9-13(18-14)10-17-15(3,4)5/h9,11-12,17H,7-8,10H2,1-6H3. The molecule has 0 aliphatic rings. The van der Waals surface area contributed by atoms with Crippen LogP contribution < -0.4 is 10.2 Å². The molecule has 4 nitrogen and oxygen atoms in total. The van der Waals surface area contributed by atoms with Crippen molar-refractivity contribution in [2.24, 2.45) is 0 Å². The van der Waals surface area contributed by atoms with Gasteiger partial charge in [0.15, 0.2) is 0 Å². The van der Waals surface area contributed by atoms with Gasteiger partial charge in [-0.05, 0) is 34.1 Å². The highest BCUT2D eigenvalue weighted by atomic mass is 15.2. The number of nitrogens with zero attached hydrogens (tertiary/aromatic N) is 3. The van der Waals surface area contributed by atoms with E-state index in [-0.39, 0.29) is 5.54 Å². The molecule has 0 fully saturated rings. The van der Waals surface area contributed by atoms with E-state index in [2.05, 4.69) is 61.9 Å². The van der Waals surface area contributed by atoms with E-state index in [0.29, 0.717) is 6.04 Å². The van der Waals surface area contributed by atoms with Gasteiger partial charge < -0.3 is 10.2 Å². The molecule has 1 atom stereocenters. The van der Waals surface area contributed by atoms with Crippen LogP contribution >= 0.6 is 0 Å². The van der Waals surface area contributed by atoms with Gasteiger partial charge in [-0.15, -0.1) is 0 Å². The minimum Gasteiger partial charge on any atom is -0.356 e. The Morgan fingerprint density at radius 2 is 2.00 bits per heavy atom. The topological polar surface area (TPSA) is 41.1 Å². The highest BCUT2D eigenvalue weighted by Gasteiger charge is 2.13. The van der Waals surface area contributed by atoms with Crippen LogP contribution in [0.15, 0.2) is 12.4 Å². The second kappa shape index (κ2) is 6.85. The van der Waals surface area contributed by atoms with Crippen LogP contribution in [0.2, 0.25) is 0 Å². The molecule has 0 saturated heterocycles. The molecular weight excluding hydrogens is 236 g/mol. The minimum atomic E-state index is 0.0963. The van der Waals surface area contributed by atoms with Crippen molar-refractivity contribution in [3.05, 3.63) is 18.1 Å². The smallest absolute Gasteiger partial charge is 0.147 e. The number of hydrogen-bond donors (Lipinski definition) is 1. The molecule has 0 radical (unpaired) electrons. The van der Waals surface area contributed by atoms with Gasteiger partial charge in [-0.1, -0.05) is 13.3 Å².